The van der Waals surface area contributed by atoms with Gasteiger partial charge >= 0.3 is 5.91 Å². The Morgan fingerprint density at radius 2 is 1.89 bits per heavy atom. The van der Waals surface area contributed by atoms with E-state index in [9.17, 15) is 14.0 Å². The van der Waals surface area contributed by atoms with Gasteiger partial charge in [0.2, 0.25) is 0 Å². The third kappa shape index (κ3) is 5.96. The van der Waals surface area contributed by atoms with E-state index in [4.69, 9.17) is 25.5 Å². The number of carbonyl (C=O) groups excluding carboxylic acids is 2. The van der Waals surface area contributed by atoms with Gasteiger partial charge < -0.3 is 19.2 Å². The zero-order chi connectivity index (χ0) is 24.8. The number of hydrazone groups is 1. The average molecular weight is 496 g/mol. The molecule has 0 aliphatic rings. The normalized spacial score (nSPS) is 10.9. The van der Waals surface area contributed by atoms with Gasteiger partial charge in [0.1, 0.15) is 11.4 Å². The molecule has 0 fully saturated rings. The van der Waals surface area contributed by atoms with Gasteiger partial charge in [-0.1, -0.05) is 29.8 Å². The third-order valence-electron chi connectivity index (χ3n) is 4.76. The topological polar surface area (TPSA) is 102 Å². The third-order valence-corrected chi connectivity index (χ3v) is 5.04. The molecule has 1 heterocycles. The van der Waals surface area contributed by atoms with Crippen molar-refractivity contribution >= 4 is 46.3 Å². The number of furan rings is 1. The van der Waals surface area contributed by atoms with Crippen molar-refractivity contribution in [1.29, 1.82) is 0 Å². The molecule has 0 radical (unpaired) electrons. The smallest absolute Gasteiger partial charge is 0.307 e. The van der Waals surface area contributed by atoms with Crippen molar-refractivity contribution in [2.75, 3.05) is 19.0 Å². The number of para-hydroxylation sites is 1. The van der Waals surface area contributed by atoms with E-state index in [1.807, 2.05) is 18.2 Å². The summed E-state index contributed by atoms with van der Waals surface area (Å²) >= 11 is 6.31. The molecular formula is C25H19ClFN3O5. The number of hydrogen-bond donors (Lipinski definition) is 2. The van der Waals surface area contributed by atoms with Crippen LogP contribution in [0.5, 0.6) is 11.5 Å². The number of carbonyl (C=O) groups is 2. The molecule has 0 saturated carbocycles. The summed E-state index contributed by atoms with van der Waals surface area (Å²) in [6.07, 6.45) is 1.37. The molecule has 0 atom stereocenters. The van der Waals surface area contributed by atoms with Gasteiger partial charge in [-0.25, -0.2) is 9.82 Å². The quantitative estimate of drug-likeness (QED) is 0.264. The van der Waals surface area contributed by atoms with Gasteiger partial charge in [-0.15, -0.1) is 0 Å². The molecule has 0 spiro atoms. The van der Waals surface area contributed by atoms with Crippen LogP contribution in [0.3, 0.4) is 0 Å². The van der Waals surface area contributed by atoms with Crippen molar-refractivity contribution in [2.45, 2.75) is 0 Å². The minimum atomic E-state index is -0.511. The number of halogens is 2. The lowest BCUT2D eigenvalue weighted by atomic mass is 10.2. The van der Waals surface area contributed by atoms with Crippen LogP contribution in [0, 0.1) is 5.82 Å². The number of amides is 2. The summed E-state index contributed by atoms with van der Waals surface area (Å²) in [7, 11) is 1.42. The van der Waals surface area contributed by atoms with Gasteiger partial charge in [-0.2, -0.15) is 5.10 Å². The van der Waals surface area contributed by atoms with Crippen molar-refractivity contribution in [3.8, 4) is 11.5 Å². The lowest BCUT2D eigenvalue weighted by Gasteiger charge is -2.13. The van der Waals surface area contributed by atoms with Crippen molar-refractivity contribution < 1.29 is 27.9 Å². The van der Waals surface area contributed by atoms with E-state index < -0.39 is 17.6 Å². The van der Waals surface area contributed by atoms with Crippen molar-refractivity contribution in [3.63, 3.8) is 0 Å². The Hall–Kier alpha value is -4.37. The number of rotatable bonds is 8. The summed E-state index contributed by atoms with van der Waals surface area (Å²) < 4.78 is 29.3. The van der Waals surface area contributed by atoms with Crippen LogP contribution in [0.2, 0.25) is 5.02 Å². The fourth-order valence-corrected chi connectivity index (χ4v) is 3.41. The molecule has 35 heavy (non-hydrogen) atoms. The standard InChI is InChI=1S/C25H19ClFN3O5/c1-33-21-11-15(13-28-30-25(32)22-12-16-4-2-3-5-20(16)35-22)10-19(26)24(21)34-14-23(31)29-18-8-6-17(27)7-9-18/h2-13H,14H2,1H3,(H,29,31)(H,30,32)/b28-13+. The molecule has 178 valence electrons. The summed E-state index contributed by atoms with van der Waals surface area (Å²) in [5.41, 5.74) is 3.93. The molecule has 0 unspecified atom stereocenters. The molecule has 8 nitrogen and oxygen atoms in total. The van der Waals surface area contributed by atoms with E-state index in [0.29, 0.717) is 16.8 Å². The number of anilines is 1. The van der Waals surface area contributed by atoms with E-state index >= 15 is 0 Å². The van der Waals surface area contributed by atoms with Crippen molar-refractivity contribution in [1.82, 2.24) is 5.43 Å². The van der Waals surface area contributed by atoms with Crippen molar-refractivity contribution in [2.24, 2.45) is 5.10 Å². The van der Waals surface area contributed by atoms with E-state index in [1.54, 1.807) is 18.2 Å². The monoisotopic (exact) mass is 495 g/mol. The van der Waals surface area contributed by atoms with Crippen LogP contribution in [0.4, 0.5) is 10.1 Å². The highest BCUT2D eigenvalue weighted by Gasteiger charge is 2.15. The van der Waals surface area contributed by atoms with Crippen LogP contribution < -0.4 is 20.2 Å². The Morgan fingerprint density at radius 1 is 1.11 bits per heavy atom. The van der Waals surface area contributed by atoms with Gasteiger partial charge in [-0.3, -0.25) is 9.59 Å². The Balaban J connectivity index is 1.38. The Morgan fingerprint density at radius 3 is 2.63 bits per heavy atom. The molecule has 3 aromatic carbocycles. The van der Waals surface area contributed by atoms with Gasteiger partial charge in [-0.05, 0) is 54.1 Å². The number of hydrogen-bond acceptors (Lipinski definition) is 6. The maximum absolute atomic E-state index is 13.0. The van der Waals surface area contributed by atoms with E-state index in [2.05, 4.69) is 15.8 Å². The zero-order valence-electron chi connectivity index (χ0n) is 18.4. The first kappa shape index (κ1) is 23.8. The minimum absolute atomic E-state index is 0.127. The molecule has 4 rings (SSSR count). The molecule has 0 aliphatic heterocycles. The van der Waals surface area contributed by atoms with Crippen molar-refractivity contribution in [3.05, 3.63) is 88.9 Å². The molecular weight excluding hydrogens is 477 g/mol. The van der Waals surface area contributed by atoms with Crippen LogP contribution in [0.15, 0.2) is 76.2 Å². The minimum Gasteiger partial charge on any atom is -0.493 e. The van der Waals surface area contributed by atoms with E-state index in [0.717, 1.165) is 5.39 Å². The fraction of sp³-hybridized carbons (Fsp3) is 0.0800. The second-order valence-corrected chi connectivity index (χ2v) is 7.63. The van der Waals surface area contributed by atoms with Gasteiger partial charge in [0, 0.05) is 11.1 Å². The molecule has 2 N–H and O–H groups in total. The second kappa shape index (κ2) is 10.7. The Kier molecular flexibility index (Phi) is 7.27. The van der Waals surface area contributed by atoms with Gasteiger partial charge in [0.15, 0.2) is 23.9 Å². The summed E-state index contributed by atoms with van der Waals surface area (Å²) in [4.78, 5) is 24.4. The van der Waals surface area contributed by atoms with Crippen LogP contribution in [-0.4, -0.2) is 31.7 Å². The van der Waals surface area contributed by atoms with Gasteiger partial charge in [0.05, 0.1) is 18.3 Å². The lowest BCUT2D eigenvalue weighted by molar-refractivity contribution is -0.118. The molecule has 0 aliphatic carbocycles. The summed E-state index contributed by atoms with van der Waals surface area (Å²) in [5, 5.41) is 7.49. The highest BCUT2D eigenvalue weighted by Crippen LogP contribution is 2.36. The van der Waals surface area contributed by atoms with Crippen LogP contribution >= 0.6 is 11.6 Å². The largest absolute Gasteiger partial charge is 0.493 e. The number of ether oxygens (including phenoxy) is 2. The first-order chi connectivity index (χ1) is 16.9. The highest BCUT2D eigenvalue weighted by atomic mass is 35.5. The maximum atomic E-state index is 13.0. The first-order valence-corrected chi connectivity index (χ1v) is 10.7. The number of fused-ring (bicyclic) bond motifs is 1. The molecule has 1 aromatic heterocycles. The Labute approximate surface area is 204 Å². The fourth-order valence-electron chi connectivity index (χ4n) is 3.14. The van der Waals surface area contributed by atoms with Gasteiger partial charge in [0.25, 0.3) is 5.91 Å². The van der Waals surface area contributed by atoms with E-state index in [-0.39, 0.29) is 28.9 Å². The summed E-state index contributed by atoms with van der Waals surface area (Å²) in [6, 6.07) is 17.3. The number of benzene rings is 3. The summed E-state index contributed by atoms with van der Waals surface area (Å²) in [5.74, 6) is -0.838. The van der Waals surface area contributed by atoms with Crippen LogP contribution in [-0.2, 0) is 4.79 Å². The number of methoxy groups -OCH3 is 1. The van der Waals surface area contributed by atoms with Crippen LogP contribution in [0.1, 0.15) is 16.1 Å². The average Bonchev–Trinajstić information content (AvgIpc) is 3.29. The molecule has 2 amide bonds. The molecule has 0 bridgehead atoms. The summed E-state index contributed by atoms with van der Waals surface area (Å²) in [6.45, 7) is -0.353. The maximum Gasteiger partial charge on any atom is 0.307 e. The Bertz CT molecular complexity index is 1370. The number of nitrogens with zero attached hydrogens (tertiary/aromatic N) is 1. The predicted molar refractivity (Wildman–Crippen MR) is 130 cm³/mol. The second-order valence-electron chi connectivity index (χ2n) is 7.23. The zero-order valence-corrected chi connectivity index (χ0v) is 19.1. The molecule has 0 saturated heterocycles. The predicted octanol–water partition coefficient (Wildman–Crippen LogP) is 5.02. The highest BCUT2D eigenvalue weighted by molar-refractivity contribution is 6.32. The first-order valence-electron chi connectivity index (χ1n) is 10.3. The number of nitrogens with one attached hydrogen (secondary N) is 2. The molecule has 10 heteroatoms. The SMILES string of the molecule is COc1cc(/C=N/NC(=O)c2cc3ccccc3o2)cc(Cl)c1OCC(=O)Nc1ccc(F)cc1. The van der Waals surface area contributed by atoms with E-state index in [1.165, 1.54) is 43.7 Å². The van der Waals surface area contributed by atoms with Crippen LogP contribution in [0.25, 0.3) is 11.0 Å². The lowest BCUT2D eigenvalue weighted by Crippen LogP contribution is -2.20. The molecule has 4 aromatic rings.